The van der Waals surface area contributed by atoms with Crippen molar-refractivity contribution in [3.63, 3.8) is 0 Å². The van der Waals surface area contributed by atoms with Gasteiger partial charge in [0, 0.05) is 52.1 Å². The Morgan fingerprint density at radius 3 is 2.76 bits per heavy atom. The van der Waals surface area contributed by atoms with Gasteiger partial charge in [0.2, 0.25) is 0 Å². The van der Waals surface area contributed by atoms with E-state index in [2.05, 4.69) is 31.6 Å². The zero-order valence-electron chi connectivity index (χ0n) is 15.4. The maximum atomic E-state index is 5.15. The van der Waals surface area contributed by atoms with Crippen molar-refractivity contribution < 1.29 is 4.74 Å². The average molecular weight is 461 g/mol. The highest BCUT2D eigenvalue weighted by Gasteiger charge is 2.18. The third kappa shape index (κ3) is 8.82. The molecule has 2 heterocycles. The molecule has 1 aromatic heterocycles. The number of pyridine rings is 1. The molecule has 1 aliphatic heterocycles. The van der Waals surface area contributed by atoms with Crippen LogP contribution in [0.4, 0.5) is 0 Å². The molecule has 0 aromatic carbocycles. The number of likely N-dealkylation sites (tertiary alicyclic amines) is 1. The number of nitrogens with one attached hydrogen (secondary N) is 2. The first-order chi connectivity index (χ1) is 11.8. The van der Waals surface area contributed by atoms with Crippen LogP contribution in [0.15, 0.2) is 29.4 Å². The van der Waals surface area contributed by atoms with Crippen LogP contribution in [0.5, 0.6) is 0 Å². The van der Waals surface area contributed by atoms with E-state index in [1.807, 2.05) is 25.4 Å². The van der Waals surface area contributed by atoms with Crippen LogP contribution in [0.2, 0.25) is 0 Å². The normalized spacial score (nSPS) is 16.3. The number of nitrogens with zero attached hydrogens (tertiary/aromatic N) is 3. The molecule has 2 rings (SSSR count). The maximum Gasteiger partial charge on any atom is 0.190 e. The van der Waals surface area contributed by atoms with Crippen molar-refractivity contribution in [1.29, 1.82) is 0 Å². The molecule has 1 aliphatic rings. The number of guanidine groups is 1. The predicted molar refractivity (Wildman–Crippen MR) is 114 cm³/mol. The Hall–Kier alpha value is -0.930. The first-order valence-electron chi connectivity index (χ1n) is 8.87. The molecule has 0 aliphatic carbocycles. The Kier molecular flexibility index (Phi) is 11.8. The molecule has 2 N–H and O–H groups in total. The second kappa shape index (κ2) is 13.3. The topological polar surface area (TPSA) is 61.8 Å². The van der Waals surface area contributed by atoms with Gasteiger partial charge in [-0.3, -0.25) is 9.98 Å². The number of piperidine rings is 1. The Balaban J connectivity index is 0.00000312. The molecule has 0 unspecified atom stereocenters. The van der Waals surface area contributed by atoms with Crippen molar-refractivity contribution in [2.24, 2.45) is 10.9 Å². The molecule has 1 saturated heterocycles. The maximum absolute atomic E-state index is 5.15. The lowest BCUT2D eigenvalue weighted by atomic mass is 9.97. The minimum Gasteiger partial charge on any atom is -0.383 e. The van der Waals surface area contributed by atoms with Crippen LogP contribution in [0.25, 0.3) is 0 Å². The summed E-state index contributed by atoms with van der Waals surface area (Å²) in [6.45, 7) is 6.04. The number of halogens is 1. The van der Waals surface area contributed by atoms with Crippen molar-refractivity contribution in [2.75, 3.05) is 53.5 Å². The monoisotopic (exact) mass is 461 g/mol. The fourth-order valence-corrected chi connectivity index (χ4v) is 2.95. The molecular weight excluding hydrogens is 429 g/mol. The van der Waals surface area contributed by atoms with E-state index >= 15 is 0 Å². The molecule has 0 spiro atoms. The first kappa shape index (κ1) is 22.1. The Bertz CT molecular complexity index is 478. The Labute approximate surface area is 168 Å². The third-order valence-corrected chi connectivity index (χ3v) is 4.50. The summed E-state index contributed by atoms with van der Waals surface area (Å²) in [6.07, 6.45) is 5.21. The first-order valence-corrected chi connectivity index (χ1v) is 8.87. The van der Waals surface area contributed by atoms with E-state index in [1.165, 1.54) is 25.9 Å². The summed E-state index contributed by atoms with van der Waals surface area (Å²) in [5.41, 5.74) is 1.10. The van der Waals surface area contributed by atoms with Crippen molar-refractivity contribution in [2.45, 2.75) is 19.3 Å². The number of aromatic nitrogens is 1. The van der Waals surface area contributed by atoms with Gasteiger partial charge in [0.1, 0.15) is 0 Å². The van der Waals surface area contributed by atoms with Crippen LogP contribution in [0.1, 0.15) is 18.5 Å². The van der Waals surface area contributed by atoms with E-state index < -0.39 is 0 Å². The standard InChI is InChI=1S/C18H31N5O.HI/c1-19-18(21-10-6-17-5-3-4-9-20-17)22-15-16-7-11-23(12-8-16)13-14-24-2;/h3-5,9,16H,6-8,10-15H2,1-2H3,(H2,19,21,22);1H. The summed E-state index contributed by atoms with van der Waals surface area (Å²) < 4.78 is 5.15. The molecule has 0 saturated carbocycles. The Morgan fingerprint density at radius 1 is 1.32 bits per heavy atom. The summed E-state index contributed by atoms with van der Waals surface area (Å²) in [5, 5.41) is 6.82. The van der Waals surface area contributed by atoms with Gasteiger partial charge in [0.15, 0.2) is 5.96 Å². The van der Waals surface area contributed by atoms with E-state index in [0.29, 0.717) is 0 Å². The van der Waals surface area contributed by atoms with Crippen molar-refractivity contribution in [3.8, 4) is 0 Å². The van der Waals surface area contributed by atoms with Gasteiger partial charge in [0.25, 0.3) is 0 Å². The average Bonchev–Trinajstić information content (AvgIpc) is 2.64. The molecule has 7 heteroatoms. The molecule has 0 bridgehead atoms. The van der Waals surface area contributed by atoms with Gasteiger partial charge in [-0.05, 0) is 44.0 Å². The van der Waals surface area contributed by atoms with Gasteiger partial charge in [-0.2, -0.15) is 0 Å². The number of ether oxygens (including phenoxy) is 1. The second-order valence-electron chi connectivity index (χ2n) is 6.23. The van der Waals surface area contributed by atoms with Gasteiger partial charge in [-0.15, -0.1) is 24.0 Å². The SMILES string of the molecule is CN=C(NCCc1ccccn1)NCC1CCN(CCOC)CC1.I. The van der Waals surface area contributed by atoms with Gasteiger partial charge >= 0.3 is 0 Å². The van der Waals surface area contributed by atoms with E-state index in [4.69, 9.17) is 4.74 Å². The quantitative estimate of drug-likeness (QED) is 0.351. The minimum absolute atomic E-state index is 0. The molecule has 6 nitrogen and oxygen atoms in total. The number of hydrogen-bond acceptors (Lipinski definition) is 4. The van der Waals surface area contributed by atoms with Crippen LogP contribution in [0.3, 0.4) is 0 Å². The Morgan fingerprint density at radius 2 is 2.12 bits per heavy atom. The lowest BCUT2D eigenvalue weighted by molar-refractivity contribution is 0.121. The summed E-state index contributed by atoms with van der Waals surface area (Å²) in [7, 11) is 3.59. The lowest BCUT2D eigenvalue weighted by Gasteiger charge is -2.32. The minimum atomic E-state index is 0. The van der Waals surface area contributed by atoms with Crippen LogP contribution < -0.4 is 10.6 Å². The van der Waals surface area contributed by atoms with Crippen molar-refractivity contribution in [1.82, 2.24) is 20.5 Å². The highest BCUT2D eigenvalue weighted by atomic mass is 127. The summed E-state index contributed by atoms with van der Waals surface area (Å²) in [6, 6.07) is 6.02. The van der Waals surface area contributed by atoms with Crippen molar-refractivity contribution in [3.05, 3.63) is 30.1 Å². The molecular formula is C18H32IN5O. The predicted octanol–water partition coefficient (Wildman–Crippen LogP) is 1.77. The van der Waals surface area contributed by atoms with E-state index in [-0.39, 0.29) is 24.0 Å². The summed E-state index contributed by atoms with van der Waals surface area (Å²) in [5.74, 6) is 1.60. The summed E-state index contributed by atoms with van der Waals surface area (Å²) in [4.78, 5) is 11.1. The third-order valence-electron chi connectivity index (χ3n) is 4.50. The van der Waals surface area contributed by atoms with Crippen LogP contribution in [0, 0.1) is 5.92 Å². The van der Waals surface area contributed by atoms with Crippen LogP contribution >= 0.6 is 24.0 Å². The molecule has 0 radical (unpaired) electrons. The number of methoxy groups -OCH3 is 1. The highest BCUT2D eigenvalue weighted by molar-refractivity contribution is 14.0. The van der Waals surface area contributed by atoms with Crippen molar-refractivity contribution >= 4 is 29.9 Å². The van der Waals surface area contributed by atoms with Gasteiger partial charge in [-0.25, -0.2) is 0 Å². The molecule has 1 aromatic rings. The van der Waals surface area contributed by atoms with Gasteiger partial charge in [0.05, 0.1) is 6.61 Å². The van der Waals surface area contributed by atoms with E-state index in [1.54, 1.807) is 7.11 Å². The zero-order chi connectivity index (χ0) is 17.0. The molecule has 1 fully saturated rings. The second-order valence-corrected chi connectivity index (χ2v) is 6.23. The van der Waals surface area contributed by atoms with Crippen LogP contribution in [-0.4, -0.2) is 69.3 Å². The fourth-order valence-electron chi connectivity index (χ4n) is 2.95. The van der Waals surface area contributed by atoms with Gasteiger partial charge < -0.3 is 20.3 Å². The summed E-state index contributed by atoms with van der Waals surface area (Å²) >= 11 is 0. The number of hydrogen-bond donors (Lipinski definition) is 2. The van der Waals surface area contributed by atoms with Gasteiger partial charge in [-0.1, -0.05) is 6.07 Å². The fraction of sp³-hybridized carbons (Fsp3) is 0.667. The van der Waals surface area contributed by atoms with E-state index in [0.717, 1.165) is 50.2 Å². The number of rotatable bonds is 8. The van der Waals surface area contributed by atoms with E-state index in [9.17, 15) is 0 Å². The van der Waals surface area contributed by atoms with Crippen LogP contribution in [-0.2, 0) is 11.2 Å². The molecule has 25 heavy (non-hydrogen) atoms. The smallest absolute Gasteiger partial charge is 0.190 e. The molecule has 0 atom stereocenters. The molecule has 142 valence electrons. The largest absolute Gasteiger partial charge is 0.383 e. The lowest BCUT2D eigenvalue weighted by Crippen LogP contribution is -2.43. The molecule has 0 amide bonds. The zero-order valence-corrected chi connectivity index (χ0v) is 17.7. The number of aliphatic imine (C=N–C) groups is 1. The highest BCUT2D eigenvalue weighted by Crippen LogP contribution is 2.15.